The van der Waals surface area contributed by atoms with Crippen LogP contribution in [0.4, 0.5) is 0 Å². The molecule has 1 aliphatic heterocycles. The molecule has 168 valence electrons. The van der Waals surface area contributed by atoms with Gasteiger partial charge in [0.25, 0.3) is 0 Å². The van der Waals surface area contributed by atoms with E-state index in [2.05, 4.69) is 10.0 Å². The molecule has 0 spiro atoms. The number of hydrogen-bond acceptors (Lipinski definition) is 6. The van der Waals surface area contributed by atoms with Crippen LogP contribution < -0.4 is 19.5 Å². The smallest absolute Gasteiger partial charge is 0.241 e. The number of amides is 1. The minimum absolute atomic E-state index is 0.132. The van der Waals surface area contributed by atoms with E-state index in [-0.39, 0.29) is 16.8 Å². The van der Waals surface area contributed by atoms with Gasteiger partial charge in [-0.15, -0.1) is 0 Å². The zero-order chi connectivity index (χ0) is 22.3. The molecule has 31 heavy (non-hydrogen) atoms. The highest BCUT2D eigenvalue weighted by molar-refractivity contribution is 7.98. The third kappa shape index (κ3) is 6.38. The van der Waals surface area contributed by atoms with Crippen LogP contribution in [0.1, 0.15) is 31.4 Å². The fourth-order valence-electron chi connectivity index (χ4n) is 3.18. The number of hydrogen-bond donors (Lipinski definition) is 2. The van der Waals surface area contributed by atoms with Crippen LogP contribution in [0.25, 0.3) is 0 Å². The predicted octanol–water partition coefficient (Wildman–Crippen LogP) is 3.13. The zero-order valence-corrected chi connectivity index (χ0v) is 19.3. The molecule has 2 aromatic carbocycles. The SMILES string of the molecule is CSCCC(NS(=O)(=O)c1ccccc1)C(=O)NC(C)c1ccc2c(c1)OCCCO2. The molecule has 0 saturated carbocycles. The Hall–Kier alpha value is -2.23. The van der Waals surface area contributed by atoms with Crippen LogP contribution in [0.3, 0.4) is 0 Å². The Balaban J connectivity index is 1.72. The van der Waals surface area contributed by atoms with Crippen molar-refractivity contribution in [1.82, 2.24) is 10.0 Å². The molecule has 1 heterocycles. The zero-order valence-electron chi connectivity index (χ0n) is 17.7. The summed E-state index contributed by atoms with van der Waals surface area (Å²) in [5.41, 5.74) is 0.854. The number of carbonyl (C=O) groups excluding carboxylic acids is 1. The van der Waals surface area contributed by atoms with E-state index in [4.69, 9.17) is 9.47 Å². The maximum absolute atomic E-state index is 13.0. The summed E-state index contributed by atoms with van der Waals surface area (Å²) in [5.74, 6) is 1.62. The minimum Gasteiger partial charge on any atom is -0.490 e. The van der Waals surface area contributed by atoms with E-state index in [9.17, 15) is 13.2 Å². The second-order valence-electron chi connectivity index (χ2n) is 7.26. The molecular weight excluding hydrogens is 436 g/mol. The lowest BCUT2D eigenvalue weighted by atomic mass is 10.1. The largest absolute Gasteiger partial charge is 0.490 e. The van der Waals surface area contributed by atoms with E-state index in [1.165, 1.54) is 12.1 Å². The summed E-state index contributed by atoms with van der Waals surface area (Å²) in [6.45, 7) is 3.04. The maximum atomic E-state index is 13.0. The molecule has 2 aromatic rings. The second kappa shape index (κ2) is 10.9. The van der Waals surface area contributed by atoms with Gasteiger partial charge in [-0.25, -0.2) is 8.42 Å². The predicted molar refractivity (Wildman–Crippen MR) is 122 cm³/mol. The quantitative estimate of drug-likeness (QED) is 0.592. The summed E-state index contributed by atoms with van der Waals surface area (Å²) < 4.78 is 39.4. The normalized spacial score (nSPS) is 15.5. The molecule has 1 aliphatic rings. The van der Waals surface area contributed by atoms with E-state index in [1.807, 2.05) is 31.4 Å². The van der Waals surface area contributed by atoms with E-state index in [0.717, 1.165) is 12.0 Å². The molecule has 2 N–H and O–H groups in total. The number of benzene rings is 2. The van der Waals surface area contributed by atoms with Crippen molar-refractivity contribution in [3.63, 3.8) is 0 Å². The third-order valence-corrected chi connectivity index (χ3v) is 7.04. The van der Waals surface area contributed by atoms with Crippen molar-refractivity contribution < 1.29 is 22.7 Å². The highest BCUT2D eigenvalue weighted by Gasteiger charge is 2.26. The molecule has 9 heteroatoms. The van der Waals surface area contributed by atoms with Gasteiger partial charge in [0, 0.05) is 6.42 Å². The van der Waals surface area contributed by atoms with Crippen LogP contribution in [0.2, 0.25) is 0 Å². The molecule has 7 nitrogen and oxygen atoms in total. The van der Waals surface area contributed by atoms with E-state index < -0.39 is 16.1 Å². The Morgan fingerprint density at radius 1 is 1.10 bits per heavy atom. The Morgan fingerprint density at radius 2 is 1.81 bits per heavy atom. The van der Waals surface area contributed by atoms with Crippen LogP contribution in [0.5, 0.6) is 11.5 Å². The van der Waals surface area contributed by atoms with Crippen LogP contribution in [0.15, 0.2) is 53.4 Å². The number of rotatable bonds is 9. The summed E-state index contributed by atoms with van der Waals surface area (Å²) in [7, 11) is -3.81. The Kier molecular flexibility index (Phi) is 8.22. The van der Waals surface area contributed by atoms with Gasteiger partial charge >= 0.3 is 0 Å². The molecular formula is C22H28N2O5S2. The van der Waals surface area contributed by atoms with Gasteiger partial charge in [-0.3, -0.25) is 4.79 Å². The summed E-state index contributed by atoms with van der Waals surface area (Å²) in [5, 5.41) is 2.93. The number of thioether (sulfide) groups is 1. The summed E-state index contributed by atoms with van der Waals surface area (Å²) >= 11 is 1.56. The molecule has 0 radical (unpaired) electrons. The van der Waals surface area contributed by atoms with Crippen molar-refractivity contribution in [2.45, 2.75) is 36.7 Å². The lowest BCUT2D eigenvalue weighted by Crippen LogP contribution is -2.47. The van der Waals surface area contributed by atoms with E-state index in [1.54, 1.807) is 30.0 Å². The van der Waals surface area contributed by atoms with Gasteiger partial charge in [0.05, 0.1) is 24.2 Å². The van der Waals surface area contributed by atoms with Crippen molar-refractivity contribution in [3.8, 4) is 11.5 Å². The Labute approximate surface area is 188 Å². The van der Waals surface area contributed by atoms with E-state index in [0.29, 0.717) is 36.9 Å². The van der Waals surface area contributed by atoms with Crippen molar-refractivity contribution in [3.05, 3.63) is 54.1 Å². The fourth-order valence-corrected chi connectivity index (χ4v) is 4.90. The van der Waals surface area contributed by atoms with Crippen LogP contribution >= 0.6 is 11.8 Å². The van der Waals surface area contributed by atoms with Crippen molar-refractivity contribution in [2.24, 2.45) is 0 Å². The van der Waals surface area contributed by atoms with Gasteiger partial charge in [-0.1, -0.05) is 24.3 Å². The number of nitrogens with one attached hydrogen (secondary N) is 2. The fraction of sp³-hybridized carbons (Fsp3) is 0.409. The first-order valence-corrected chi connectivity index (χ1v) is 13.0. The molecule has 0 fully saturated rings. The number of fused-ring (bicyclic) bond motifs is 1. The molecule has 1 amide bonds. The molecule has 2 atom stereocenters. The van der Waals surface area contributed by atoms with Crippen LogP contribution in [-0.2, 0) is 14.8 Å². The average Bonchev–Trinajstić information content (AvgIpc) is 3.02. The van der Waals surface area contributed by atoms with Gasteiger partial charge < -0.3 is 14.8 Å². The summed E-state index contributed by atoms with van der Waals surface area (Å²) in [6, 6.07) is 12.4. The number of sulfonamides is 1. The van der Waals surface area contributed by atoms with Crippen molar-refractivity contribution >= 4 is 27.7 Å². The van der Waals surface area contributed by atoms with Crippen LogP contribution in [0, 0.1) is 0 Å². The standard InChI is InChI=1S/C22H28N2O5S2/c1-16(17-9-10-20-21(15-17)29-13-6-12-28-20)23-22(25)19(11-14-30-2)24-31(26,27)18-7-4-3-5-8-18/h3-5,7-10,15-16,19,24H,6,11-14H2,1-2H3,(H,23,25). The lowest BCUT2D eigenvalue weighted by molar-refractivity contribution is -0.123. The third-order valence-electron chi connectivity index (χ3n) is 4.91. The lowest BCUT2D eigenvalue weighted by Gasteiger charge is -2.22. The topological polar surface area (TPSA) is 93.7 Å². The van der Waals surface area contributed by atoms with Crippen molar-refractivity contribution in [2.75, 3.05) is 25.2 Å². The van der Waals surface area contributed by atoms with Crippen molar-refractivity contribution in [1.29, 1.82) is 0 Å². The van der Waals surface area contributed by atoms with Crippen LogP contribution in [-0.4, -0.2) is 45.6 Å². The molecule has 2 unspecified atom stereocenters. The first-order chi connectivity index (χ1) is 14.9. The van der Waals surface area contributed by atoms with Gasteiger partial charge in [-0.05, 0) is 55.2 Å². The first kappa shape index (κ1) is 23.4. The maximum Gasteiger partial charge on any atom is 0.241 e. The number of ether oxygens (including phenoxy) is 2. The average molecular weight is 465 g/mol. The highest BCUT2D eigenvalue weighted by atomic mass is 32.2. The van der Waals surface area contributed by atoms with E-state index >= 15 is 0 Å². The molecule has 0 bridgehead atoms. The molecule has 3 rings (SSSR count). The molecule has 0 saturated heterocycles. The van der Waals surface area contributed by atoms with Gasteiger partial charge in [0.2, 0.25) is 15.9 Å². The minimum atomic E-state index is -3.81. The molecule has 0 aromatic heterocycles. The number of carbonyl (C=O) groups is 1. The Bertz CT molecular complexity index is 983. The molecule has 0 aliphatic carbocycles. The second-order valence-corrected chi connectivity index (χ2v) is 9.95. The monoisotopic (exact) mass is 464 g/mol. The Morgan fingerprint density at radius 3 is 2.52 bits per heavy atom. The highest BCUT2D eigenvalue weighted by Crippen LogP contribution is 2.32. The summed E-state index contributed by atoms with van der Waals surface area (Å²) in [6.07, 6.45) is 3.11. The van der Waals surface area contributed by atoms with Gasteiger partial charge in [0.15, 0.2) is 11.5 Å². The first-order valence-electron chi connectivity index (χ1n) is 10.2. The van der Waals surface area contributed by atoms with Gasteiger partial charge in [-0.2, -0.15) is 16.5 Å². The summed E-state index contributed by atoms with van der Waals surface area (Å²) in [4.78, 5) is 13.1. The van der Waals surface area contributed by atoms with Gasteiger partial charge in [0.1, 0.15) is 6.04 Å².